The summed E-state index contributed by atoms with van der Waals surface area (Å²) in [5.41, 5.74) is 1.76. The van der Waals surface area contributed by atoms with Crippen molar-refractivity contribution in [1.29, 1.82) is 0 Å². The van der Waals surface area contributed by atoms with Gasteiger partial charge in [-0.25, -0.2) is 4.57 Å². The Balaban J connectivity index is 2.38. The molecule has 0 bridgehead atoms. The van der Waals surface area contributed by atoms with Gasteiger partial charge in [0.2, 0.25) is 0 Å². The quantitative estimate of drug-likeness (QED) is 0.749. The number of phosphoric acid groups is 1. The summed E-state index contributed by atoms with van der Waals surface area (Å²) in [6.45, 7) is 0. The third kappa shape index (κ3) is 3.56. The van der Waals surface area contributed by atoms with Gasteiger partial charge in [0.15, 0.2) is 0 Å². The molecule has 0 fully saturated rings. The molecule has 4 nitrogen and oxygen atoms in total. The number of benzene rings is 2. The van der Waals surface area contributed by atoms with E-state index in [1.54, 1.807) is 0 Å². The van der Waals surface area contributed by atoms with Crippen molar-refractivity contribution in [3.8, 4) is 0 Å². The van der Waals surface area contributed by atoms with Crippen LogP contribution in [0.3, 0.4) is 0 Å². The minimum atomic E-state index is -3.57. The van der Waals surface area contributed by atoms with Gasteiger partial charge in [-0.15, -0.1) is 0 Å². The molecule has 2 rings (SSSR count). The Morgan fingerprint density at radius 1 is 0.800 bits per heavy atom. The summed E-state index contributed by atoms with van der Waals surface area (Å²) in [7, 11) is -0.962. The molecule has 5 heteroatoms. The van der Waals surface area contributed by atoms with Gasteiger partial charge in [-0.1, -0.05) is 60.7 Å². The van der Waals surface area contributed by atoms with Gasteiger partial charge >= 0.3 is 7.82 Å². The van der Waals surface area contributed by atoms with Gasteiger partial charge in [0.1, 0.15) is 6.10 Å². The summed E-state index contributed by atoms with van der Waals surface area (Å²) in [4.78, 5) is 0. The van der Waals surface area contributed by atoms with E-state index in [1.165, 1.54) is 14.2 Å². The fourth-order valence-electron chi connectivity index (χ4n) is 1.86. The van der Waals surface area contributed by atoms with E-state index in [-0.39, 0.29) is 0 Å². The highest BCUT2D eigenvalue weighted by molar-refractivity contribution is 7.48. The first-order chi connectivity index (χ1) is 9.68. The molecule has 0 amide bonds. The molecule has 2 aromatic carbocycles. The maximum atomic E-state index is 12.2. The summed E-state index contributed by atoms with van der Waals surface area (Å²) in [6, 6.07) is 19.1. The van der Waals surface area contributed by atoms with E-state index in [2.05, 4.69) is 0 Å². The molecule has 0 aliphatic rings. The molecule has 20 heavy (non-hydrogen) atoms. The van der Waals surface area contributed by atoms with Crippen molar-refractivity contribution >= 4 is 7.82 Å². The zero-order valence-electron chi connectivity index (χ0n) is 11.4. The lowest BCUT2D eigenvalue weighted by molar-refractivity contribution is 0.123. The Kier molecular flexibility index (Phi) is 5.10. The number of phosphoric ester groups is 1. The Labute approximate surface area is 118 Å². The molecular formula is C15H17O4P. The maximum Gasteiger partial charge on any atom is 0.475 e. The van der Waals surface area contributed by atoms with Crippen molar-refractivity contribution in [2.24, 2.45) is 0 Å². The van der Waals surface area contributed by atoms with Gasteiger partial charge in [-0.3, -0.25) is 13.6 Å². The molecule has 0 saturated heterocycles. The third-order valence-corrected chi connectivity index (χ3v) is 4.25. The standard InChI is InChI=1S/C15H17O4P/c1-17-20(16,18-2)19-15(13-9-5-3-6-10-13)14-11-7-4-8-12-14/h3-12,15H,1-2H3. The van der Waals surface area contributed by atoms with Gasteiger partial charge < -0.3 is 0 Å². The van der Waals surface area contributed by atoms with Crippen molar-refractivity contribution < 1.29 is 18.1 Å². The van der Waals surface area contributed by atoms with Crippen LogP contribution < -0.4 is 0 Å². The van der Waals surface area contributed by atoms with E-state index >= 15 is 0 Å². The van der Waals surface area contributed by atoms with Gasteiger partial charge in [0.05, 0.1) is 0 Å². The Bertz CT molecular complexity index is 523. The minimum Gasteiger partial charge on any atom is -0.290 e. The predicted octanol–water partition coefficient (Wildman–Crippen LogP) is 4.19. The SMILES string of the molecule is COP(=O)(OC)OC(c1ccccc1)c1ccccc1. The molecular weight excluding hydrogens is 275 g/mol. The average molecular weight is 292 g/mol. The largest absolute Gasteiger partial charge is 0.475 e. The minimum absolute atomic E-state index is 0.511. The third-order valence-electron chi connectivity index (χ3n) is 2.89. The van der Waals surface area contributed by atoms with E-state index in [0.717, 1.165) is 11.1 Å². The summed E-state index contributed by atoms with van der Waals surface area (Å²) in [5, 5.41) is 0. The van der Waals surface area contributed by atoms with Crippen LogP contribution in [0.15, 0.2) is 60.7 Å². The van der Waals surface area contributed by atoms with Crippen LogP contribution in [0.2, 0.25) is 0 Å². The van der Waals surface area contributed by atoms with Crippen LogP contribution in [0.4, 0.5) is 0 Å². The van der Waals surface area contributed by atoms with Crippen molar-refractivity contribution in [2.75, 3.05) is 14.2 Å². The molecule has 0 spiro atoms. The Morgan fingerprint density at radius 3 is 1.55 bits per heavy atom. The highest BCUT2D eigenvalue weighted by atomic mass is 31.2. The molecule has 0 saturated carbocycles. The molecule has 106 valence electrons. The lowest BCUT2D eigenvalue weighted by atomic mass is 10.0. The average Bonchev–Trinajstić information content (AvgIpc) is 2.54. The van der Waals surface area contributed by atoms with Crippen LogP contribution in [0.5, 0.6) is 0 Å². The Hall–Kier alpha value is -1.45. The number of hydrogen-bond donors (Lipinski definition) is 0. The Morgan fingerprint density at radius 2 is 1.20 bits per heavy atom. The lowest BCUT2D eigenvalue weighted by Gasteiger charge is -2.22. The molecule has 0 N–H and O–H groups in total. The van der Waals surface area contributed by atoms with Crippen LogP contribution in [-0.4, -0.2) is 14.2 Å². The van der Waals surface area contributed by atoms with Crippen molar-refractivity contribution in [2.45, 2.75) is 6.10 Å². The predicted molar refractivity (Wildman–Crippen MR) is 77.4 cm³/mol. The number of hydrogen-bond acceptors (Lipinski definition) is 4. The first-order valence-corrected chi connectivity index (χ1v) is 7.64. The zero-order valence-corrected chi connectivity index (χ0v) is 12.3. The summed E-state index contributed by atoms with van der Waals surface area (Å²) in [6.07, 6.45) is -0.511. The molecule has 2 aromatic rings. The summed E-state index contributed by atoms with van der Waals surface area (Å²) < 4.78 is 27.6. The fourth-order valence-corrected chi connectivity index (χ4v) is 2.68. The van der Waals surface area contributed by atoms with E-state index in [4.69, 9.17) is 13.6 Å². The van der Waals surface area contributed by atoms with Crippen LogP contribution >= 0.6 is 7.82 Å². The molecule has 0 unspecified atom stereocenters. The number of rotatable bonds is 6. The van der Waals surface area contributed by atoms with Crippen LogP contribution in [0, 0.1) is 0 Å². The first kappa shape index (κ1) is 14.9. The highest BCUT2D eigenvalue weighted by Gasteiger charge is 2.29. The molecule has 0 aliphatic heterocycles. The fraction of sp³-hybridized carbons (Fsp3) is 0.200. The van der Waals surface area contributed by atoms with Crippen LogP contribution in [-0.2, 0) is 18.1 Å². The van der Waals surface area contributed by atoms with Gasteiger partial charge in [-0.2, -0.15) is 0 Å². The van der Waals surface area contributed by atoms with E-state index in [9.17, 15) is 4.57 Å². The smallest absolute Gasteiger partial charge is 0.290 e. The normalized spacial score (nSPS) is 11.8. The molecule has 0 aliphatic carbocycles. The van der Waals surface area contributed by atoms with Crippen molar-refractivity contribution in [3.05, 3.63) is 71.8 Å². The second kappa shape index (κ2) is 6.82. The zero-order chi connectivity index (χ0) is 14.4. The van der Waals surface area contributed by atoms with Crippen molar-refractivity contribution in [3.63, 3.8) is 0 Å². The van der Waals surface area contributed by atoms with E-state index in [1.807, 2.05) is 60.7 Å². The second-order valence-corrected chi connectivity index (χ2v) is 5.95. The second-order valence-electron chi connectivity index (χ2n) is 4.12. The first-order valence-electron chi connectivity index (χ1n) is 6.18. The van der Waals surface area contributed by atoms with Gasteiger partial charge in [0.25, 0.3) is 0 Å². The summed E-state index contributed by atoms with van der Waals surface area (Å²) in [5.74, 6) is 0. The van der Waals surface area contributed by atoms with Crippen molar-refractivity contribution in [1.82, 2.24) is 0 Å². The van der Waals surface area contributed by atoms with Gasteiger partial charge in [-0.05, 0) is 11.1 Å². The maximum absolute atomic E-state index is 12.2. The van der Waals surface area contributed by atoms with E-state index in [0.29, 0.717) is 0 Å². The van der Waals surface area contributed by atoms with Crippen LogP contribution in [0.1, 0.15) is 17.2 Å². The topological polar surface area (TPSA) is 44.8 Å². The summed E-state index contributed by atoms with van der Waals surface area (Å²) >= 11 is 0. The lowest BCUT2D eigenvalue weighted by Crippen LogP contribution is -2.06. The van der Waals surface area contributed by atoms with Gasteiger partial charge in [0, 0.05) is 14.2 Å². The molecule has 0 atom stereocenters. The monoisotopic (exact) mass is 292 g/mol. The van der Waals surface area contributed by atoms with E-state index < -0.39 is 13.9 Å². The van der Waals surface area contributed by atoms with Crippen LogP contribution in [0.25, 0.3) is 0 Å². The molecule has 0 radical (unpaired) electrons. The highest BCUT2D eigenvalue weighted by Crippen LogP contribution is 2.52. The molecule has 0 aromatic heterocycles. The molecule has 0 heterocycles.